The van der Waals surface area contributed by atoms with Crippen molar-refractivity contribution < 1.29 is 0 Å². The Morgan fingerprint density at radius 1 is 0.828 bits per heavy atom. The number of para-hydroxylation sites is 2. The molecule has 0 bridgehead atoms. The molecule has 150 valence electrons. The molecule has 0 aromatic heterocycles. The Kier molecular flexibility index (Phi) is 6.19. The first-order chi connectivity index (χ1) is 14.2. The van der Waals surface area contributed by atoms with Crippen molar-refractivity contribution in [3.05, 3.63) is 96.6 Å². The molecule has 0 spiro atoms. The van der Waals surface area contributed by atoms with E-state index in [0.717, 1.165) is 13.1 Å². The summed E-state index contributed by atoms with van der Waals surface area (Å²) in [6.07, 6.45) is 2.37. The zero-order valence-corrected chi connectivity index (χ0v) is 17.6. The molecule has 4 rings (SSSR count). The lowest BCUT2D eigenvalue weighted by Crippen LogP contribution is -2.52. The van der Waals surface area contributed by atoms with Gasteiger partial charge in [-0.25, -0.2) is 0 Å². The molecule has 3 aromatic rings. The lowest BCUT2D eigenvalue weighted by Gasteiger charge is -2.47. The summed E-state index contributed by atoms with van der Waals surface area (Å²) in [6, 6.07) is 33.9. The van der Waals surface area contributed by atoms with Crippen molar-refractivity contribution in [1.29, 1.82) is 0 Å². The molecule has 0 radical (unpaired) electrons. The van der Waals surface area contributed by atoms with E-state index in [9.17, 15) is 0 Å². The fourth-order valence-corrected chi connectivity index (χ4v) is 4.66. The van der Waals surface area contributed by atoms with Crippen molar-refractivity contribution in [3.63, 3.8) is 0 Å². The molecule has 0 amide bonds. The van der Waals surface area contributed by atoms with Crippen LogP contribution in [0.5, 0.6) is 0 Å². The summed E-state index contributed by atoms with van der Waals surface area (Å²) in [4.78, 5) is 5.26. The van der Waals surface area contributed by atoms with E-state index in [4.69, 9.17) is 0 Å². The Bertz CT molecular complexity index is 861. The van der Waals surface area contributed by atoms with Crippen molar-refractivity contribution in [3.8, 4) is 0 Å². The molecular weight excluding hydrogens is 352 g/mol. The van der Waals surface area contributed by atoms with Crippen molar-refractivity contribution in [1.82, 2.24) is 0 Å². The number of anilines is 2. The molecule has 1 heterocycles. The normalized spacial score (nSPS) is 19.3. The van der Waals surface area contributed by atoms with Crippen LogP contribution in [0.2, 0.25) is 0 Å². The van der Waals surface area contributed by atoms with Crippen molar-refractivity contribution >= 4 is 11.4 Å². The quantitative estimate of drug-likeness (QED) is 0.486. The van der Waals surface area contributed by atoms with Gasteiger partial charge >= 0.3 is 0 Å². The first-order valence-electron chi connectivity index (χ1n) is 10.9. The molecule has 1 fully saturated rings. The minimum atomic E-state index is 0.546. The van der Waals surface area contributed by atoms with Crippen LogP contribution in [-0.2, 0) is 6.54 Å². The van der Waals surface area contributed by atoms with Gasteiger partial charge in [0.1, 0.15) is 0 Å². The highest BCUT2D eigenvalue weighted by atomic mass is 15.2. The van der Waals surface area contributed by atoms with Crippen LogP contribution in [0.3, 0.4) is 0 Å². The van der Waals surface area contributed by atoms with Crippen LogP contribution >= 0.6 is 0 Å². The van der Waals surface area contributed by atoms with Crippen LogP contribution in [0.1, 0.15) is 32.3 Å². The van der Waals surface area contributed by atoms with Crippen molar-refractivity contribution in [2.24, 2.45) is 5.92 Å². The average molecular weight is 385 g/mol. The van der Waals surface area contributed by atoms with Crippen LogP contribution in [0.25, 0.3) is 0 Å². The van der Waals surface area contributed by atoms with Gasteiger partial charge in [-0.15, -0.1) is 0 Å². The number of hydrogen-bond donors (Lipinski definition) is 0. The number of benzene rings is 3. The zero-order chi connectivity index (χ0) is 20.1. The van der Waals surface area contributed by atoms with E-state index in [1.54, 1.807) is 0 Å². The summed E-state index contributed by atoms with van der Waals surface area (Å²) in [5.41, 5.74) is 4.07. The second-order valence-corrected chi connectivity index (χ2v) is 8.47. The van der Waals surface area contributed by atoms with Gasteiger partial charge in [0.25, 0.3) is 0 Å². The highest BCUT2D eigenvalue weighted by Gasteiger charge is 2.33. The molecule has 1 aliphatic rings. The zero-order valence-electron chi connectivity index (χ0n) is 17.6. The molecule has 2 heteroatoms. The smallest absolute Gasteiger partial charge is 0.0432 e. The molecule has 2 nitrogen and oxygen atoms in total. The van der Waals surface area contributed by atoms with Gasteiger partial charge in [0, 0.05) is 36.5 Å². The maximum absolute atomic E-state index is 2.63. The summed E-state index contributed by atoms with van der Waals surface area (Å²) in [6.45, 7) is 6.81. The van der Waals surface area contributed by atoms with Crippen LogP contribution in [0.4, 0.5) is 11.4 Å². The first-order valence-corrected chi connectivity index (χ1v) is 10.9. The number of rotatable bonds is 6. The van der Waals surface area contributed by atoms with E-state index in [-0.39, 0.29) is 0 Å². The van der Waals surface area contributed by atoms with Crippen molar-refractivity contribution in [2.75, 3.05) is 16.3 Å². The fourth-order valence-electron chi connectivity index (χ4n) is 4.66. The highest BCUT2D eigenvalue weighted by molar-refractivity contribution is 5.51. The summed E-state index contributed by atoms with van der Waals surface area (Å²) in [5, 5.41) is 0. The Balaban J connectivity index is 1.60. The van der Waals surface area contributed by atoms with Crippen LogP contribution in [0.15, 0.2) is 91.0 Å². The molecule has 1 saturated heterocycles. The van der Waals surface area contributed by atoms with Gasteiger partial charge in [-0.3, -0.25) is 0 Å². The Morgan fingerprint density at radius 2 is 1.41 bits per heavy atom. The summed E-state index contributed by atoms with van der Waals surface area (Å²) >= 11 is 0. The van der Waals surface area contributed by atoms with Gasteiger partial charge < -0.3 is 9.80 Å². The molecule has 2 atom stereocenters. The largest absolute Gasteiger partial charge is 0.368 e. The van der Waals surface area contributed by atoms with E-state index < -0.39 is 0 Å². The first kappa shape index (κ1) is 19.6. The predicted molar refractivity (Wildman–Crippen MR) is 125 cm³/mol. The van der Waals surface area contributed by atoms with Gasteiger partial charge in [-0.2, -0.15) is 0 Å². The summed E-state index contributed by atoms with van der Waals surface area (Å²) in [7, 11) is 0. The Labute approximate surface area is 175 Å². The average Bonchev–Trinajstić information content (AvgIpc) is 2.79. The maximum Gasteiger partial charge on any atom is 0.0432 e. The molecule has 0 unspecified atom stereocenters. The second kappa shape index (κ2) is 9.17. The van der Waals surface area contributed by atoms with E-state index in [2.05, 4.69) is 115 Å². The molecule has 1 aliphatic heterocycles. The van der Waals surface area contributed by atoms with Crippen molar-refractivity contribution in [2.45, 2.75) is 45.3 Å². The number of hydrogen-bond acceptors (Lipinski definition) is 2. The Hall–Kier alpha value is -2.74. The van der Waals surface area contributed by atoms with Gasteiger partial charge in [-0.05, 0) is 48.6 Å². The molecule has 29 heavy (non-hydrogen) atoms. The lowest BCUT2D eigenvalue weighted by atomic mass is 9.87. The molecule has 0 saturated carbocycles. The highest BCUT2D eigenvalue weighted by Crippen LogP contribution is 2.33. The van der Waals surface area contributed by atoms with E-state index in [1.807, 2.05) is 0 Å². The monoisotopic (exact) mass is 384 g/mol. The fraction of sp³-hybridized carbons (Fsp3) is 0.333. The SMILES string of the molecule is CC(C)[C@H]1C[C@@H](N(Cc2ccccc2)c2ccccc2)CCN1c1ccccc1. The van der Waals surface area contributed by atoms with Crippen LogP contribution in [0, 0.1) is 5.92 Å². The summed E-state index contributed by atoms with van der Waals surface area (Å²) < 4.78 is 0. The third-order valence-electron chi connectivity index (χ3n) is 6.20. The van der Waals surface area contributed by atoms with Crippen LogP contribution in [-0.4, -0.2) is 18.6 Å². The van der Waals surface area contributed by atoms with Gasteiger partial charge in [0.2, 0.25) is 0 Å². The van der Waals surface area contributed by atoms with Gasteiger partial charge in [-0.1, -0.05) is 80.6 Å². The molecule has 0 aliphatic carbocycles. The minimum Gasteiger partial charge on any atom is -0.368 e. The summed E-state index contributed by atoms with van der Waals surface area (Å²) in [5.74, 6) is 0.618. The third-order valence-corrected chi connectivity index (χ3v) is 6.20. The molecule has 3 aromatic carbocycles. The Morgan fingerprint density at radius 3 is 2.03 bits per heavy atom. The number of nitrogens with zero attached hydrogens (tertiary/aromatic N) is 2. The minimum absolute atomic E-state index is 0.546. The second-order valence-electron chi connectivity index (χ2n) is 8.47. The van der Waals surface area contributed by atoms with Gasteiger partial charge in [0.15, 0.2) is 0 Å². The standard InChI is InChI=1S/C27H32N2/c1-22(2)27-20-26(18-19-28(27)24-14-8-4-9-15-24)29(25-16-10-5-11-17-25)21-23-12-6-3-7-13-23/h3-17,22,26-27H,18-21H2,1-2H3/t26-,27+/m0/s1. The van der Waals surface area contributed by atoms with E-state index >= 15 is 0 Å². The lowest BCUT2D eigenvalue weighted by molar-refractivity contribution is 0.331. The van der Waals surface area contributed by atoms with E-state index in [0.29, 0.717) is 18.0 Å². The van der Waals surface area contributed by atoms with E-state index in [1.165, 1.54) is 29.8 Å². The van der Waals surface area contributed by atoms with Crippen LogP contribution < -0.4 is 9.80 Å². The molecular formula is C27H32N2. The topological polar surface area (TPSA) is 6.48 Å². The molecule has 0 N–H and O–H groups in total. The predicted octanol–water partition coefficient (Wildman–Crippen LogP) is 6.39. The number of piperidine rings is 1. The third kappa shape index (κ3) is 4.64. The van der Waals surface area contributed by atoms with Gasteiger partial charge in [0.05, 0.1) is 0 Å². The maximum atomic E-state index is 2.63.